The SMILES string of the molecule is Nc1cnn(Cc2cc(Br)cs2)n1. The Morgan fingerprint density at radius 3 is 3.00 bits per heavy atom. The van der Waals surface area contributed by atoms with E-state index in [1.165, 1.54) is 4.88 Å². The molecule has 0 saturated carbocycles. The summed E-state index contributed by atoms with van der Waals surface area (Å²) >= 11 is 5.05. The van der Waals surface area contributed by atoms with E-state index in [9.17, 15) is 0 Å². The van der Waals surface area contributed by atoms with Gasteiger partial charge in [0.2, 0.25) is 0 Å². The monoisotopic (exact) mass is 258 g/mol. The zero-order valence-corrected chi connectivity index (χ0v) is 9.05. The van der Waals surface area contributed by atoms with Gasteiger partial charge in [-0.2, -0.15) is 9.90 Å². The molecule has 0 aliphatic carbocycles. The molecule has 68 valence electrons. The number of nitrogen functional groups attached to an aromatic ring is 1. The van der Waals surface area contributed by atoms with E-state index in [1.807, 2.05) is 11.4 Å². The molecule has 0 aliphatic heterocycles. The molecule has 2 rings (SSSR count). The summed E-state index contributed by atoms with van der Waals surface area (Å²) in [6, 6.07) is 2.05. The number of nitrogens with zero attached hydrogens (tertiary/aromatic N) is 3. The first-order valence-corrected chi connectivity index (χ1v) is 5.30. The molecule has 6 heteroatoms. The molecule has 0 bridgehead atoms. The molecule has 0 saturated heterocycles. The number of anilines is 1. The van der Waals surface area contributed by atoms with Crippen molar-refractivity contribution in [2.24, 2.45) is 0 Å². The van der Waals surface area contributed by atoms with E-state index in [4.69, 9.17) is 5.73 Å². The number of hydrogen-bond donors (Lipinski definition) is 1. The maximum Gasteiger partial charge on any atom is 0.165 e. The zero-order chi connectivity index (χ0) is 9.26. The van der Waals surface area contributed by atoms with Crippen LogP contribution in [-0.2, 0) is 6.54 Å². The lowest BCUT2D eigenvalue weighted by molar-refractivity contribution is 0.598. The molecule has 0 unspecified atom stereocenters. The minimum atomic E-state index is 0.454. The molecule has 13 heavy (non-hydrogen) atoms. The highest BCUT2D eigenvalue weighted by molar-refractivity contribution is 9.10. The third-order valence-electron chi connectivity index (χ3n) is 1.47. The second-order valence-corrected chi connectivity index (χ2v) is 4.44. The molecule has 2 heterocycles. The Bertz CT molecular complexity index is 370. The molecule has 2 aromatic rings. The van der Waals surface area contributed by atoms with Crippen molar-refractivity contribution in [3.8, 4) is 0 Å². The van der Waals surface area contributed by atoms with Crippen LogP contribution in [0.4, 0.5) is 5.82 Å². The van der Waals surface area contributed by atoms with Gasteiger partial charge < -0.3 is 5.73 Å². The van der Waals surface area contributed by atoms with Crippen LogP contribution in [0.25, 0.3) is 0 Å². The minimum absolute atomic E-state index is 0.454. The average Bonchev–Trinajstić information content (AvgIpc) is 2.62. The van der Waals surface area contributed by atoms with Gasteiger partial charge in [0, 0.05) is 14.7 Å². The van der Waals surface area contributed by atoms with Gasteiger partial charge in [0.15, 0.2) is 5.82 Å². The molecule has 4 nitrogen and oxygen atoms in total. The van der Waals surface area contributed by atoms with E-state index in [0.29, 0.717) is 12.4 Å². The summed E-state index contributed by atoms with van der Waals surface area (Å²) in [6.45, 7) is 0.674. The zero-order valence-electron chi connectivity index (χ0n) is 6.64. The minimum Gasteiger partial charge on any atom is -0.381 e. The summed E-state index contributed by atoms with van der Waals surface area (Å²) in [4.78, 5) is 2.77. The number of thiophene rings is 1. The van der Waals surface area contributed by atoms with Gasteiger partial charge in [-0.05, 0) is 22.0 Å². The number of aromatic nitrogens is 3. The summed E-state index contributed by atoms with van der Waals surface area (Å²) in [5.74, 6) is 0.454. The third-order valence-corrected chi connectivity index (χ3v) is 3.16. The molecule has 0 atom stereocenters. The maximum atomic E-state index is 5.44. The van der Waals surface area contributed by atoms with Crippen molar-refractivity contribution in [3.63, 3.8) is 0 Å². The Hall–Kier alpha value is -0.880. The van der Waals surface area contributed by atoms with E-state index in [0.717, 1.165) is 4.47 Å². The molecule has 0 radical (unpaired) electrons. The lowest BCUT2D eigenvalue weighted by atomic mass is 10.5. The molecular formula is C7H7BrN4S. The largest absolute Gasteiger partial charge is 0.381 e. The Morgan fingerprint density at radius 1 is 1.62 bits per heavy atom. The molecule has 0 amide bonds. The summed E-state index contributed by atoms with van der Waals surface area (Å²) < 4.78 is 1.09. The first kappa shape index (κ1) is 8.71. The maximum absolute atomic E-state index is 5.44. The first-order chi connectivity index (χ1) is 6.24. The van der Waals surface area contributed by atoms with Crippen LogP contribution in [0, 0.1) is 0 Å². The number of nitrogens with two attached hydrogens (primary N) is 1. The topological polar surface area (TPSA) is 56.7 Å². The van der Waals surface area contributed by atoms with E-state index < -0.39 is 0 Å². The first-order valence-electron chi connectivity index (χ1n) is 3.62. The quantitative estimate of drug-likeness (QED) is 0.893. The smallest absolute Gasteiger partial charge is 0.165 e. The van der Waals surface area contributed by atoms with E-state index >= 15 is 0 Å². The van der Waals surface area contributed by atoms with Crippen molar-refractivity contribution in [3.05, 3.63) is 27.0 Å². The molecule has 0 aliphatic rings. The van der Waals surface area contributed by atoms with E-state index in [1.54, 1.807) is 22.3 Å². The van der Waals surface area contributed by atoms with Crippen LogP contribution in [0.15, 0.2) is 22.1 Å². The van der Waals surface area contributed by atoms with Gasteiger partial charge >= 0.3 is 0 Å². The van der Waals surface area contributed by atoms with Crippen LogP contribution >= 0.6 is 27.3 Å². The van der Waals surface area contributed by atoms with Gasteiger partial charge in [0.1, 0.15) is 0 Å². The standard InChI is InChI=1S/C7H7BrN4S/c8-5-1-6(13-4-5)3-12-10-2-7(9)11-12/h1-2,4H,3H2,(H2,9,11). The van der Waals surface area contributed by atoms with Crippen LogP contribution in [0.2, 0.25) is 0 Å². The fourth-order valence-electron chi connectivity index (χ4n) is 0.963. The van der Waals surface area contributed by atoms with Crippen molar-refractivity contribution in [2.75, 3.05) is 5.73 Å². The fourth-order valence-corrected chi connectivity index (χ4v) is 2.39. The molecule has 0 spiro atoms. The lowest BCUT2D eigenvalue weighted by Gasteiger charge is -1.94. The molecule has 0 aromatic carbocycles. The predicted molar refractivity (Wildman–Crippen MR) is 55.6 cm³/mol. The van der Waals surface area contributed by atoms with Crippen LogP contribution < -0.4 is 5.73 Å². The van der Waals surface area contributed by atoms with Gasteiger partial charge in [-0.1, -0.05) is 0 Å². The number of halogens is 1. The Kier molecular flexibility index (Phi) is 2.32. The van der Waals surface area contributed by atoms with Crippen molar-refractivity contribution in [1.29, 1.82) is 0 Å². The van der Waals surface area contributed by atoms with Crippen molar-refractivity contribution in [1.82, 2.24) is 15.0 Å². The highest BCUT2D eigenvalue weighted by atomic mass is 79.9. The van der Waals surface area contributed by atoms with Gasteiger partial charge in [0.05, 0.1) is 12.7 Å². The highest BCUT2D eigenvalue weighted by Crippen LogP contribution is 2.20. The molecule has 2 aromatic heterocycles. The van der Waals surface area contributed by atoms with Crippen LogP contribution in [0.1, 0.15) is 4.88 Å². The average molecular weight is 259 g/mol. The summed E-state index contributed by atoms with van der Waals surface area (Å²) in [5, 5.41) is 10.0. The number of hydrogen-bond acceptors (Lipinski definition) is 4. The normalized spacial score (nSPS) is 10.5. The van der Waals surface area contributed by atoms with E-state index in [-0.39, 0.29) is 0 Å². The molecule has 2 N–H and O–H groups in total. The van der Waals surface area contributed by atoms with Gasteiger partial charge in [0.25, 0.3) is 0 Å². The van der Waals surface area contributed by atoms with Crippen molar-refractivity contribution >= 4 is 33.1 Å². The van der Waals surface area contributed by atoms with Gasteiger partial charge in [-0.3, -0.25) is 0 Å². The highest BCUT2D eigenvalue weighted by Gasteiger charge is 2.00. The Labute approximate surface area is 87.5 Å². The summed E-state index contributed by atoms with van der Waals surface area (Å²) in [6.07, 6.45) is 1.54. The van der Waals surface area contributed by atoms with Crippen molar-refractivity contribution in [2.45, 2.75) is 6.54 Å². The van der Waals surface area contributed by atoms with E-state index in [2.05, 4.69) is 26.1 Å². The van der Waals surface area contributed by atoms with Crippen LogP contribution in [0.5, 0.6) is 0 Å². The molecule has 0 fully saturated rings. The Balaban J connectivity index is 2.14. The number of rotatable bonds is 2. The Morgan fingerprint density at radius 2 is 2.46 bits per heavy atom. The molecular weight excluding hydrogens is 252 g/mol. The summed E-state index contributed by atoms with van der Waals surface area (Å²) in [7, 11) is 0. The fraction of sp³-hybridized carbons (Fsp3) is 0.143. The predicted octanol–water partition coefficient (Wildman–Crippen LogP) is 1.73. The third kappa shape index (κ3) is 2.07. The van der Waals surface area contributed by atoms with Crippen LogP contribution in [0.3, 0.4) is 0 Å². The van der Waals surface area contributed by atoms with Crippen molar-refractivity contribution < 1.29 is 0 Å². The van der Waals surface area contributed by atoms with Gasteiger partial charge in [-0.15, -0.1) is 16.4 Å². The van der Waals surface area contributed by atoms with Gasteiger partial charge in [-0.25, -0.2) is 0 Å². The lowest BCUT2D eigenvalue weighted by Crippen LogP contribution is -2.02. The second-order valence-electron chi connectivity index (χ2n) is 2.53. The summed E-state index contributed by atoms with van der Waals surface area (Å²) in [5.41, 5.74) is 5.44. The van der Waals surface area contributed by atoms with Crippen LogP contribution in [-0.4, -0.2) is 15.0 Å². The second kappa shape index (κ2) is 3.47.